The molecule has 552 valence electrons. The van der Waals surface area contributed by atoms with Crippen LogP contribution in [0.15, 0.2) is 109 Å². The van der Waals surface area contributed by atoms with Gasteiger partial charge in [-0.2, -0.15) is 0 Å². The molecule has 96 heavy (non-hydrogen) atoms. The lowest BCUT2D eigenvalue weighted by atomic mass is 10.1. The fourth-order valence-electron chi connectivity index (χ4n) is 9.62. The van der Waals surface area contributed by atoms with Gasteiger partial charge in [-0.25, -0.2) is 9.13 Å². The van der Waals surface area contributed by atoms with Crippen molar-refractivity contribution in [2.24, 2.45) is 0 Å². The first-order valence-corrected chi connectivity index (χ1v) is 40.1. The molecule has 0 amide bonds. The van der Waals surface area contributed by atoms with Crippen LogP contribution in [0.5, 0.6) is 0 Å². The normalized spacial score (nSPS) is 14.6. The SMILES string of the molecule is CC/C=C\C/C=C\C/C=C\C/C=C\C/C=C\CCCC(=O)OCC(COP(=O)(O)OCC(O)COP(=O)(O)OCC(COC(=O)CCCCCCC/C=C\C/C=C\C/C=C\CC)OC(=O)CCCCCCCCCCCCC)OC(=O)CCCCCCC/C=C\CCCCCC. The molecule has 0 aromatic rings. The molecule has 0 saturated heterocycles. The van der Waals surface area contributed by atoms with Gasteiger partial charge in [0, 0.05) is 25.7 Å². The third-order valence-electron chi connectivity index (χ3n) is 15.2. The summed E-state index contributed by atoms with van der Waals surface area (Å²) in [5.74, 6) is -2.26. The number of aliphatic hydroxyl groups is 1. The maximum atomic E-state index is 13.0. The van der Waals surface area contributed by atoms with Gasteiger partial charge in [-0.15, -0.1) is 0 Å². The number of hydrogen-bond acceptors (Lipinski definition) is 15. The van der Waals surface area contributed by atoms with Crippen molar-refractivity contribution < 1.29 is 80.2 Å². The van der Waals surface area contributed by atoms with Crippen LogP contribution in [0.3, 0.4) is 0 Å². The van der Waals surface area contributed by atoms with Crippen molar-refractivity contribution in [2.45, 2.75) is 316 Å². The Labute approximate surface area is 581 Å². The highest BCUT2D eigenvalue weighted by Gasteiger charge is 2.30. The van der Waals surface area contributed by atoms with Gasteiger partial charge in [0.2, 0.25) is 0 Å². The van der Waals surface area contributed by atoms with E-state index in [1.807, 2.05) is 12.2 Å². The molecule has 0 aromatic carbocycles. The Morgan fingerprint density at radius 2 is 0.552 bits per heavy atom. The van der Waals surface area contributed by atoms with E-state index in [4.69, 9.17) is 37.0 Å². The zero-order chi connectivity index (χ0) is 70.4. The van der Waals surface area contributed by atoms with E-state index in [0.717, 1.165) is 148 Å². The average Bonchev–Trinajstić information content (AvgIpc) is 1.17. The molecule has 0 rings (SSSR count). The molecule has 0 aromatic heterocycles. The Bertz CT molecular complexity index is 2250. The monoisotopic (exact) mass is 1390 g/mol. The molecule has 0 aliphatic carbocycles. The summed E-state index contributed by atoms with van der Waals surface area (Å²) in [5, 5.41) is 10.6. The van der Waals surface area contributed by atoms with E-state index in [1.54, 1.807) is 0 Å². The maximum absolute atomic E-state index is 13.0. The van der Waals surface area contributed by atoms with E-state index in [2.05, 4.69) is 125 Å². The molecule has 5 unspecified atom stereocenters. The zero-order valence-corrected chi connectivity index (χ0v) is 61.8. The van der Waals surface area contributed by atoms with E-state index >= 15 is 0 Å². The summed E-state index contributed by atoms with van der Waals surface area (Å²) >= 11 is 0. The molecule has 5 atom stereocenters. The lowest BCUT2D eigenvalue weighted by Crippen LogP contribution is -2.30. The molecule has 0 fully saturated rings. The number of esters is 4. The molecule has 19 heteroatoms. The number of carbonyl (C=O) groups is 4. The topological polar surface area (TPSA) is 237 Å². The van der Waals surface area contributed by atoms with Crippen LogP contribution in [0.1, 0.15) is 297 Å². The molecule has 0 heterocycles. The molecule has 3 N–H and O–H groups in total. The van der Waals surface area contributed by atoms with Gasteiger partial charge in [0.25, 0.3) is 0 Å². The summed E-state index contributed by atoms with van der Waals surface area (Å²) in [7, 11) is -9.96. The highest BCUT2D eigenvalue weighted by atomic mass is 31.2. The van der Waals surface area contributed by atoms with Crippen LogP contribution in [0.25, 0.3) is 0 Å². The second-order valence-corrected chi connectivity index (χ2v) is 27.4. The lowest BCUT2D eigenvalue weighted by molar-refractivity contribution is -0.161. The fraction of sp³-hybridized carbons (Fsp3) is 0.714. The quantitative estimate of drug-likeness (QED) is 0.0169. The third-order valence-corrected chi connectivity index (χ3v) is 17.1. The van der Waals surface area contributed by atoms with E-state index in [0.29, 0.717) is 32.1 Å². The van der Waals surface area contributed by atoms with Crippen LogP contribution in [0, 0.1) is 0 Å². The minimum Gasteiger partial charge on any atom is -0.462 e. The first kappa shape index (κ1) is 91.7. The predicted molar refractivity (Wildman–Crippen MR) is 390 cm³/mol. The highest BCUT2D eigenvalue weighted by Crippen LogP contribution is 2.45. The Morgan fingerprint density at radius 1 is 0.302 bits per heavy atom. The number of rotatable bonds is 69. The van der Waals surface area contributed by atoms with Gasteiger partial charge in [0.15, 0.2) is 12.2 Å². The smallest absolute Gasteiger partial charge is 0.462 e. The molecule has 0 aliphatic heterocycles. The van der Waals surface area contributed by atoms with Crippen molar-refractivity contribution in [1.82, 2.24) is 0 Å². The van der Waals surface area contributed by atoms with Crippen LogP contribution in [-0.4, -0.2) is 96.7 Å². The summed E-state index contributed by atoms with van der Waals surface area (Å²) in [6.45, 7) is 4.53. The Balaban J connectivity index is 5.38. The van der Waals surface area contributed by atoms with E-state index in [-0.39, 0.29) is 25.7 Å². The number of unbranched alkanes of at least 4 members (excludes halogenated alkanes) is 25. The van der Waals surface area contributed by atoms with Gasteiger partial charge in [-0.3, -0.25) is 37.3 Å². The summed E-state index contributed by atoms with van der Waals surface area (Å²) in [6, 6.07) is 0. The van der Waals surface area contributed by atoms with Crippen molar-refractivity contribution in [3.63, 3.8) is 0 Å². The molecule has 0 aliphatic rings. The first-order valence-electron chi connectivity index (χ1n) is 37.1. The standard InChI is InChI=1S/C77H132O17P2/c1-5-9-13-17-21-25-29-32-34-35-37-40-43-46-50-54-58-62-75(80)88-68-73(94-77(82)64-60-56-52-48-44-38-31-27-23-19-15-11-7-3)70-92-96(85,86)90-66-71(78)65-89-95(83,84)91-69-72(93-76(81)63-59-55-51-47-41-28-24-20-16-12-8-4)67-87-74(79)61-57-53-49-45-42-39-36-33-30-26-22-18-14-10-6-2/h9-10,13-14,21-22,25-27,31-34,36-37,40,46,50,71-73,78H,5-8,11-12,15-20,23-24,28-30,35,38-39,41-45,47-49,51-70H2,1-4H3,(H,83,84)(H,85,86)/b13-9-,14-10-,25-21-,26-22-,31-27-,34-32-,36-33-,40-37-,50-46-. The third kappa shape index (κ3) is 68.3. The maximum Gasteiger partial charge on any atom is 0.472 e. The number of carbonyl (C=O) groups excluding carboxylic acids is 4. The summed E-state index contributed by atoms with van der Waals surface area (Å²) < 4.78 is 68.3. The predicted octanol–water partition coefficient (Wildman–Crippen LogP) is 21.0. The fourth-order valence-corrected chi connectivity index (χ4v) is 11.2. The molecule has 0 radical (unpaired) electrons. The van der Waals surface area contributed by atoms with E-state index < -0.39 is 97.5 Å². The number of aliphatic hydroxyl groups excluding tert-OH is 1. The number of hydrogen-bond donors (Lipinski definition) is 3. The molecule has 0 bridgehead atoms. The van der Waals surface area contributed by atoms with Crippen LogP contribution in [0.2, 0.25) is 0 Å². The van der Waals surface area contributed by atoms with Crippen LogP contribution >= 0.6 is 15.6 Å². The van der Waals surface area contributed by atoms with Crippen molar-refractivity contribution in [1.29, 1.82) is 0 Å². The van der Waals surface area contributed by atoms with E-state index in [9.17, 15) is 43.2 Å². The van der Waals surface area contributed by atoms with Crippen molar-refractivity contribution in [3.05, 3.63) is 109 Å². The first-order chi connectivity index (χ1) is 46.7. The second kappa shape index (κ2) is 69.2. The van der Waals surface area contributed by atoms with Crippen molar-refractivity contribution >= 4 is 39.5 Å². The van der Waals surface area contributed by atoms with Gasteiger partial charge in [0.05, 0.1) is 26.4 Å². The van der Waals surface area contributed by atoms with Crippen molar-refractivity contribution in [2.75, 3.05) is 39.6 Å². The van der Waals surface area contributed by atoms with Gasteiger partial charge < -0.3 is 33.8 Å². The number of allylic oxidation sites excluding steroid dienone is 18. The molecule has 0 saturated carbocycles. The minimum atomic E-state index is -4.99. The second-order valence-electron chi connectivity index (χ2n) is 24.5. The Morgan fingerprint density at radius 3 is 0.896 bits per heavy atom. The van der Waals surface area contributed by atoms with Gasteiger partial charge in [-0.1, -0.05) is 259 Å². The number of phosphoric ester groups is 2. The lowest BCUT2D eigenvalue weighted by Gasteiger charge is -2.21. The Kier molecular flexibility index (Phi) is 66.1. The average molecular weight is 1390 g/mol. The van der Waals surface area contributed by atoms with Crippen LogP contribution in [0.4, 0.5) is 0 Å². The largest absolute Gasteiger partial charge is 0.472 e. The highest BCUT2D eigenvalue weighted by molar-refractivity contribution is 7.47. The summed E-state index contributed by atoms with van der Waals surface area (Å²) in [4.78, 5) is 72.7. The number of phosphoric acid groups is 2. The zero-order valence-electron chi connectivity index (χ0n) is 60.0. The number of ether oxygens (including phenoxy) is 4. The molecular formula is C77H132O17P2. The van der Waals surface area contributed by atoms with Crippen LogP contribution < -0.4 is 0 Å². The summed E-state index contributed by atoms with van der Waals surface area (Å²) in [6.07, 6.45) is 72.4. The van der Waals surface area contributed by atoms with E-state index in [1.165, 1.54) is 64.2 Å². The molecular weight excluding hydrogens is 1260 g/mol. The molecule has 17 nitrogen and oxygen atoms in total. The van der Waals surface area contributed by atoms with Gasteiger partial charge >= 0.3 is 39.5 Å². The molecule has 0 spiro atoms. The van der Waals surface area contributed by atoms with Crippen molar-refractivity contribution in [3.8, 4) is 0 Å². The minimum absolute atomic E-state index is 0.0717. The Hall–Kier alpha value is -4.28. The van der Waals surface area contributed by atoms with Crippen LogP contribution in [-0.2, 0) is 65.4 Å². The van der Waals surface area contributed by atoms with Gasteiger partial charge in [-0.05, 0) is 122 Å². The summed E-state index contributed by atoms with van der Waals surface area (Å²) in [5.41, 5.74) is 0. The van der Waals surface area contributed by atoms with Gasteiger partial charge in [0.1, 0.15) is 19.3 Å².